The van der Waals surface area contributed by atoms with Crippen LogP contribution in [-0.2, 0) is 5.54 Å². The summed E-state index contributed by atoms with van der Waals surface area (Å²) in [5, 5.41) is 11.0. The largest absolute Gasteiger partial charge is 0.305 e. The van der Waals surface area contributed by atoms with Crippen LogP contribution in [0.25, 0.3) is 4.85 Å². The van der Waals surface area contributed by atoms with Gasteiger partial charge in [0, 0.05) is 25.0 Å². The van der Waals surface area contributed by atoms with Gasteiger partial charge in [-0.3, -0.25) is 10.1 Å². The van der Waals surface area contributed by atoms with Gasteiger partial charge in [0.25, 0.3) is 11.2 Å². The lowest BCUT2D eigenvalue weighted by molar-refractivity contribution is -0.384. The number of non-ortho nitro benzene ring substituents is 1. The second-order valence-corrected chi connectivity index (χ2v) is 4.50. The maximum absolute atomic E-state index is 10.6. The van der Waals surface area contributed by atoms with E-state index >= 15 is 0 Å². The summed E-state index contributed by atoms with van der Waals surface area (Å²) in [4.78, 5) is 13.5. The summed E-state index contributed by atoms with van der Waals surface area (Å²) in [6.07, 6.45) is 1.40. The first-order valence-corrected chi connectivity index (χ1v) is 5.28. The molecule has 0 radical (unpaired) electrons. The van der Waals surface area contributed by atoms with E-state index < -0.39 is 10.5 Å². The van der Waals surface area contributed by atoms with Crippen molar-refractivity contribution in [2.45, 2.75) is 18.4 Å². The Morgan fingerprint density at radius 3 is 2.19 bits per heavy atom. The fourth-order valence-electron chi connectivity index (χ4n) is 1.65. The Morgan fingerprint density at radius 1 is 1.38 bits per heavy atom. The number of hydrogen-bond donors (Lipinski definition) is 0. The molecular formula is C10H6Cl2N2O2. The highest BCUT2D eigenvalue weighted by molar-refractivity contribution is 6.36. The SMILES string of the molecule is [C-]#[N+]C1(c2c(Cl)cc([N+](=O)[O-])cc2Cl)CC1. The molecule has 0 heterocycles. The minimum atomic E-state index is -0.650. The summed E-state index contributed by atoms with van der Waals surface area (Å²) in [7, 11) is 0. The molecule has 0 amide bonds. The highest BCUT2D eigenvalue weighted by atomic mass is 35.5. The zero-order valence-electron chi connectivity index (χ0n) is 8.04. The topological polar surface area (TPSA) is 47.5 Å². The number of nitro benzene ring substituents is 1. The molecule has 1 aliphatic rings. The van der Waals surface area contributed by atoms with Gasteiger partial charge in [-0.2, -0.15) is 0 Å². The normalized spacial score (nSPS) is 16.6. The van der Waals surface area contributed by atoms with Crippen LogP contribution < -0.4 is 0 Å². The predicted molar refractivity (Wildman–Crippen MR) is 60.6 cm³/mol. The average Bonchev–Trinajstić information content (AvgIpc) is 2.97. The van der Waals surface area contributed by atoms with E-state index in [0.29, 0.717) is 18.4 Å². The third-order valence-corrected chi connectivity index (χ3v) is 3.24. The third kappa shape index (κ3) is 1.62. The minimum Gasteiger partial charge on any atom is -0.305 e. The predicted octanol–water partition coefficient (Wildman–Crippen LogP) is 3.81. The molecule has 0 unspecified atom stereocenters. The molecule has 0 bridgehead atoms. The first-order valence-electron chi connectivity index (χ1n) is 4.53. The molecule has 0 spiro atoms. The van der Waals surface area contributed by atoms with Gasteiger partial charge in [-0.1, -0.05) is 23.2 Å². The van der Waals surface area contributed by atoms with E-state index in [1.807, 2.05) is 0 Å². The van der Waals surface area contributed by atoms with Crippen LogP contribution in [0, 0.1) is 16.7 Å². The van der Waals surface area contributed by atoms with Crippen molar-refractivity contribution in [3.63, 3.8) is 0 Å². The maximum Gasteiger partial charge on any atom is 0.272 e. The van der Waals surface area contributed by atoms with Gasteiger partial charge in [0.05, 0.1) is 20.5 Å². The standard InChI is InChI=1S/C10H6Cl2N2O2/c1-13-10(2-3-10)9-7(11)4-6(14(15)16)5-8(9)12/h4-5H,2-3H2. The summed E-state index contributed by atoms with van der Waals surface area (Å²) >= 11 is 11.9. The quantitative estimate of drug-likeness (QED) is 0.459. The zero-order chi connectivity index (χ0) is 11.9. The first kappa shape index (κ1) is 11.2. The smallest absolute Gasteiger partial charge is 0.272 e. The fraction of sp³-hybridized carbons (Fsp3) is 0.300. The Morgan fingerprint density at radius 2 is 1.88 bits per heavy atom. The maximum atomic E-state index is 10.6. The Bertz CT molecular complexity index is 495. The van der Waals surface area contributed by atoms with Crippen molar-refractivity contribution in [2.24, 2.45) is 0 Å². The minimum absolute atomic E-state index is 0.153. The Labute approximate surface area is 102 Å². The number of nitro groups is 1. The van der Waals surface area contributed by atoms with Crippen molar-refractivity contribution in [1.82, 2.24) is 0 Å². The number of hydrogen-bond acceptors (Lipinski definition) is 2. The van der Waals surface area contributed by atoms with Crippen LogP contribution in [0.2, 0.25) is 10.0 Å². The summed E-state index contributed by atoms with van der Waals surface area (Å²) in [6, 6.07) is 2.49. The number of nitrogens with zero attached hydrogens (tertiary/aromatic N) is 2. The average molecular weight is 257 g/mol. The number of benzene rings is 1. The molecule has 1 fully saturated rings. The Balaban J connectivity index is 2.58. The molecule has 0 atom stereocenters. The molecular weight excluding hydrogens is 251 g/mol. The van der Waals surface area contributed by atoms with Crippen molar-refractivity contribution < 1.29 is 4.92 Å². The molecule has 82 valence electrons. The summed E-state index contributed by atoms with van der Waals surface area (Å²) < 4.78 is 0. The highest BCUT2D eigenvalue weighted by Gasteiger charge is 2.55. The molecule has 1 saturated carbocycles. The Hall–Kier alpha value is -1.31. The van der Waals surface area contributed by atoms with Gasteiger partial charge in [0.1, 0.15) is 0 Å². The number of rotatable bonds is 2. The van der Waals surface area contributed by atoms with Crippen molar-refractivity contribution in [2.75, 3.05) is 0 Å². The first-order chi connectivity index (χ1) is 7.50. The molecule has 1 aromatic carbocycles. The van der Waals surface area contributed by atoms with Gasteiger partial charge in [0.2, 0.25) is 0 Å². The van der Waals surface area contributed by atoms with Crippen molar-refractivity contribution >= 4 is 28.9 Å². The van der Waals surface area contributed by atoms with E-state index in [1.54, 1.807) is 0 Å². The van der Waals surface area contributed by atoms with E-state index in [9.17, 15) is 10.1 Å². The van der Waals surface area contributed by atoms with Gasteiger partial charge in [0.15, 0.2) is 0 Å². The van der Waals surface area contributed by atoms with E-state index in [0.717, 1.165) is 0 Å². The van der Waals surface area contributed by atoms with E-state index in [1.165, 1.54) is 12.1 Å². The summed E-state index contributed by atoms with van der Waals surface area (Å²) in [6.45, 7) is 7.11. The molecule has 0 aliphatic heterocycles. The molecule has 4 nitrogen and oxygen atoms in total. The van der Waals surface area contributed by atoms with Gasteiger partial charge in [-0.15, -0.1) is 0 Å². The molecule has 16 heavy (non-hydrogen) atoms. The fourth-order valence-corrected chi connectivity index (χ4v) is 2.47. The van der Waals surface area contributed by atoms with Gasteiger partial charge < -0.3 is 4.85 Å². The second-order valence-electron chi connectivity index (χ2n) is 3.68. The molecule has 0 saturated heterocycles. The van der Waals surface area contributed by atoms with Crippen LogP contribution in [-0.4, -0.2) is 4.92 Å². The highest BCUT2D eigenvalue weighted by Crippen LogP contribution is 2.54. The Kier molecular flexibility index (Phi) is 2.53. The molecule has 1 aliphatic carbocycles. The van der Waals surface area contributed by atoms with Gasteiger partial charge >= 0.3 is 0 Å². The molecule has 2 rings (SSSR count). The van der Waals surface area contributed by atoms with Crippen LogP contribution in [0.1, 0.15) is 18.4 Å². The van der Waals surface area contributed by atoms with E-state index in [4.69, 9.17) is 29.8 Å². The number of halogens is 2. The monoisotopic (exact) mass is 256 g/mol. The van der Waals surface area contributed by atoms with Crippen LogP contribution in [0.4, 0.5) is 5.69 Å². The van der Waals surface area contributed by atoms with E-state index in [2.05, 4.69) is 4.85 Å². The van der Waals surface area contributed by atoms with Crippen molar-refractivity contribution in [3.8, 4) is 0 Å². The molecule has 0 N–H and O–H groups in total. The summed E-state index contributed by atoms with van der Waals surface area (Å²) in [5.41, 5.74) is -0.278. The zero-order valence-corrected chi connectivity index (χ0v) is 9.55. The van der Waals surface area contributed by atoms with Crippen molar-refractivity contribution in [1.29, 1.82) is 0 Å². The third-order valence-electron chi connectivity index (χ3n) is 2.64. The van der Waals surface area contributed by atoms with Gasteiger partial charge in [-0.05, 0) is 0 Å². The van der Waals surface area contributed by atoms with E-state index in [-0.39, 0.29) is 15.7 Å². The second kappa shape index (κ2) is 3.62. The van der Waals surface area contributed by atoms with Crippen molar-refractivity contribution in [3.05, 3.63) is 49.3 Å². The van der Waals surface area contributed by atoms with Gasteiger partial charge in [-0.25, -0.2) is 6.57 Å². The summed E-state index contributed by atoms with van der Waals surface area (Å²) in [5.74, 6) is 0. The molecule has 0 aromatic heterocycles. The van der Waals surface area contributed by atoms with Crippen LogP contribution in [0.15, 0.2) is 12.1 Å². The molecule has 6 heteroatoms. The van der Waals surface area contributed by atoms with Crippen LogP contribution in [0.5, 0.6) is 0 Å². The molecule has 1 aromatic rings. The van der Waals surface area contributed by atoms with Crippen LogP contribution in [0.3, 0.4) is 0 Å². The lowest BCUT2D eigenvalue weighted by Crippen LogP contribution is -2.03. The van der Waals surface area contributed by atoms with Crippen LogP contribution >= 0.6 is 23.2 Å². The lowest BCUT2D eigenvalue weighted by Gasteiger charge is -2.07. The lowest BCUT2D eigenvalue weighted by atomic mass is 10.1.